The lowest BCUT2D eigenvalue weighted by molar-refractivity contribution is -0.107. The van der Waals surface area contributed by atoms with Crippen molar-refractivity contribution in [1.82, 2.24) is 0 Å². The molecule has 0 aliphatic carbocycles. The standard InChI is InChI=1S/C8H12OS3.CH4/c1-2-7(9)12-6-8-10-4-3-5-11-8;/h2,8H,1,3-6H2;1H4. The van der Waals surface area contributed by atoms with Gasteiger partial charge in [0.25, 0.3) is 0 Å². The Hall–Kier alpha value is 0.460. The van der Waals surface area contributed by atoms with Crippen molar-refractivity contribution in [3.05, 3.63) is 12.7 Å². The fourth-order valence-electron chi connectivity index (χ4n) is 0.842. The fraction of sp³-hybridized carbons (Fsp3) is 0.667. The number of carbonyl (C=O) groups excluding carboxylic acids is 1. The molecule has 0 radical (unpaired) electrons. The molecule has 0 N–H and O–H groups in total. The summed E-state index contributed by atoms with van der Waals surface area (Å²) in [5.41, 5.74) is 0. The van der Waals surface area contributed by atoms with Gasteiger partial charge in [-0.1, -0.05) is 25.8 Å². The third kappa shape index (κ3) is 5.70. The van der Waals surface area contributed by atoms with E-state index in [1.807, 2.05) is 23.5 Å². The summed E-state index contributed by atoms with van der Waals surface area (Å²) in [7, 11) is 0. The highest BCUT2D eigenvalue weighted by Crippen LogP contribution is 2.32. The Morgan fingerprint density at radius 1 is 1.54 bits per heavy atom. The van der Waals surface area contributed by atoms with Gasteiger partial charge in [0, 0.05) is 5.75 Å². The third-order valence-electron chi connectivity index (χ3n) is 1.42. The Morgan fingerprint density at radius 3 is 2.69 bits per heavy atom. The maximum atomic E-state index is 10.9. The van der Waals surface area contributed by atoms with Crippen LogP contribution < -0.4 is 0 Å². The van der Waals surface area contributed by atoms with Crippen LogP contribution in [0.5, 0.6) is 0 Å². The van der Waals surface area contributed by atoms with Gasteiger partial charge in [-0.2, -0.15) is 0 Å². The Balaban J connectivity index is 0.00000144. The number of hydrogen-bond acceptors (Lipinski definition) is 4. The van der Waals surface area contributed by atoms with Gasteiger partial charge in [-0.3, -0.25) is 4.79 Å². The first-order chi connectivity index (χ1) is 5.83. The molecule has 1 rings (SSSR count). The van der Waals surface area contributed by atoms with E-state index in [1.54, 1.807) is 0 Å². The lowest BCUT2D eigenvalue weighted by atomic mass is 10.6. The lowest BCUT2D eigenvalue weighted by Crippen LogP contribution is -2.10. The predicted octanol–water partition coefficient (Wildman–Crippen LogP) is 3.26. The molecule has 76 valence electrons. The summed E-state index contributed by atoms with van der Waals surface area (Å²) >= 11 is 5.33. The van der Waals surface area contributed by atoms with E-state index in [4.69, 9.17) is 0 Å². The van der Waals surface area contributed by atoms with E-state index < -0.39 is 0 Å². The highest BCUT2D eigenvalue weighted by molar-refractivity contribution is 8.20. The first-order valence-corrected chi connectivity index (χ1v) is 6.93. The molecule has 1 aliphatic rings. The van der Waals surface area contributed by atoms with Crippen molar-refractivity contribution in [3.8, 4) is 0 Å². The highest BCUT2D eigenvalue weighted by Gasteiger charge is 2.15. The van der Waals surface area contributed by atoms with Crippen LogP contribution in [0.15, 0.2) is 12.7 Å². The number of carbonyl (C=O) groups is 1. The number of rotatable bonds is 3. The van der Waals surface area contributed by atoms with Gasteiger partial charge in [-0.15, -0.1) is 23.5 Å². The molecule has 13 heavy (non-hydrogen) atoms. The van der Waals surface area contributed by atoms with Gasteiger partial charge in [0.05, 0.1) is 4.58 Å². The Morgan fingerprint density at radius 2 is 2.15 bits per heavy atom. The fourth-order valence-corrected chi connectivity index (χ4v) is 4.73. The summed E-state index contributed by atoms with van der Waals surface area (Å²) in [5, 5.41) is 0.0989. The van der Waals surface area contributed by atoms with Gasteiger partial charge in [0.2, 0.25) is 5.12 Å². The van der Waals surface area contributed by atoms with Crippen LogP contribution in [0.4, 0.5) is 0 Å². The maximum Gasteiger partial charge on any atom is 0.211 e. The van der Waals surface area contributed by atoms with Crippen LogP contribution in [-0.2, 0) is 4.79 Å². The van der Waals surface area contributed by atoms with Crippen molar-refractivity contribution < 1.29 is 4.79 Å². The van der Waals surface area contributed by atoms with E-state index in [1.165, 1.54) is 35.8 Å². The molecule has 0 atom stereocenters. The minimum Gasteiger partial charge on any atom is -0.282 e. The van der Waals surface area contributed by atoms with Crippen molar-refractivity contribution in [2.75, 3.05) is 17.3 Å². The summed E-state index contributed by atoms with van der Waals surface area (Å²) < 4.78 is 0.618. The summed E-state index contributed by atoms with van der Waals surface area (Å²) in [6, 6.07) is 0. The lowest BCUT2D eigenvalue weighted by Gasteiger charge is -2.19. The van der Waals surface area contributed by atoms with Gasteiger partial charge in [-0.25, -0.2) is 0 Å². The largest absolute Gasteiger partial charge is 0.282 e. The predicted molar refractivity (Wildman–Crippen MR) is 67.7 cm³/mol. The molecule has 0 aromatic rings. The zero-order valence-electron chi connectivity index (χ0n) is 6.82. The molecular weight excluding hydrogens is 220 g/mol. The molecule has 1 nitrogen and oxygen atoms in total. The van der Waals surface area contributed by atoms with Crippen LogP contribution >= 0.6 is 35.3 Å². The second-order valence-electron chi connectivity index (χ2n) is 2.36. The molecular formula is C9H16OS3. The second-order valence-corrected chi connectivity index (χ2v) is 6.30. The SMILES string of the molecule is C.C=CC(=O)SCC1SCCCS1. The Kier molecular flexibility index (Phi) is 8.10. The summed E-state index contributed by atoms with van der Waals surface area (Å²) in [6.45, 7) is 3.44. The first kappa shape index (κ1) is 13.5. The van der Waals surface area contributed by atoms with Crippen molar-refractivity contribution in [1.29, 1.82) is 0 Å². The zero-order chi connectivity index (χ0) is 8.81. The molecule has 1 aliphatic heterocycles. The van der Waals surface area contributed by atoms with Crippen LogP contribution in [0.2, 0.25) is 0 Å². The average Bonchev–Trinajstić information content (AvgIpc) is 2.16. The third-order valence-corrected chi connectivity index (χ3v) is 5.74. The number of thioether (sulfide) groups is 3. The Labute approximate surface area is 93.5 Å². The van der Waals surface area contributed by atoms with Crippen molar-refractivity contribution in [2.45, 2.75) is 18.4 Å². The van der Waals surface area contributed by atoms with Crippen LogP contribution in [-0.4, -0.2) is 27.0 Å². The molecule has 1 heterocycles. The molecule has 0 aromatic heterocycles. The molecule has 4 heteroatoms. The highest BCUT2D eigenvalue weighted by atomic mass is 32.2. The van der Waals surface area contributed by atoms with Gasteiger partial charge in [0.15, 0.2) is 0 Å². The van der Waals surface area contributed by atoms with Crippen molar-refractivity contribution in [2.24, 2.45) is 0 Å². The molecule has 0 aromatic carbocycles. The summed E-state index contributed by atoms with van der Waals surface area (Å²) in [4.78, 5) is 10.9. The van der Waals surface area contributed by atoms with Crippen molar-refractivity contribution in [3.63, 3.8) is 0 Å². The van der Waals surface area contributed by atoms with E-state index in [9.17, 15) is 4.79 Å². The Bertz CT molecular complexity index is 164. The minimum absolute atomic E-state index is 0. The smallest absolute Gasteiger partial charge is 0.211 e. The molecule has 1 fully saturated rings. The van der Waals surface area contributed by atoms with Gasteiger partial charge < -0.3 is 0 Å². The van der Waals surface area contributed by atoms with Gasteiger partial charge >= 0.3 is 0 Å². The minimum atomic E-state index is 0. The quantitative estimate of drug-likeness (QED) is 0.699. The van der Waals surface area contributed by atoms with E-state index in [2.05, 4.69) is 6.58 Å². The monoisotopic (exact) mass is 236 g/mol. The van der Waals surface area contributed by atoms with E-state index in [0.717, 1.165) is 5.75 Å². The number of hydrogen-bond donors (Lipinski definition) is 0. The van der Waals surface area contributed by atoms with E-state index in [-0.39, 0.29) is 12.5 Å². The van der Waals surface area contributed by atoms with Crippen LogP contribution in [0.3, 0.4) is 0 Å². The molecule has 1 saturated heterocycles. The van der Waals surface area contributed by atoms with Crippen LogP contribution in [0.25, 0.3) is 0 Å². The molecule has 0 unspecified atom stereocenters. The molecule has 0 spiro atoms. The maximum absolute atomic E-state index is 10.9. The molecule has 0 amide bonds. The summed E-state index contributed by atoms with van der Waals surface area (Å²) in [6.07, 6.45) is 2.70. The molecule has 0 saturated carbocycles. The van der Waals surface area contributed by atoms with Gasteiger partial charge in [-0.05, 0) is 24.0 Å². The topological polar surface area (TPSA) is 17.1 Å². The van der Waals surface area contributed by atoms with E-state index >= 15 is 0 Å². The van der Waals surface area contributed by atoms with Crippen molar-refractivity contribution >= 4 is 40.4 Å². The van der Waals surface area contributed by atoms with E-state index in [0.29, 0.717) is 4.58 Å². The van der Waals surface area contributed by atoms with Crippen LogP contribution in [0.1, 0.15) is 13.8 Å². The average molecular weight is 236 g/mol. The van der Waals surface area contributed by atoms with Gasteiger partial charge in [0.1, 0.15) is 0 Å². The first-order valence-electron chi connectivity index (χ1n) is 3.85. The zero-order valence-corrected chi connectivity index (χ0v) is 9.27. The molecule has 0 bridgehead atoms. The normalized spacial score (nSPS) is 17.5. The second kappa shape index (κ2) is 7.83. The van der Waals surface area contributed by atoms with Crippen LogP contribution in [0, 0.1) is 0 Å². The summed E-state index contributed by atoms with van der Waals surface area (Å²) in [5.74, 6) is 3.43.